The van der Waals surface area contributed by atoms with E-state index >= 15 is 0 Å². The molecule has 5 rings (SSSR count). The quantitative estimate of drug-likeness (QED) is 0.126. The smallest absolute Gasteiger partial charge is 0.272 e. The number of methoxy groups -OCH3 is 2. The van der Waals surface area contributed by atoms with Gasteiger partial charge in [-0.1, -0.05) is 55.5 Å². The predicted molar refractivity (Wildman–Crippen MR) is 191 cm³/mol. The van der Waals surface area contributed by atoms with E-state index in [0.29, 0.717) is 40.4 Å². The van der Waals surface area contributed by atoms with Gasteiger partial charge in [0.05, 0.1) is 31.6 Å². The lowest BCUT2D eigenvalue weighted by atomic mass is 10.1. The number of anilines is 2. The number of thioether (sulfide) groups is 1. The molecule has 0 aliphatic carbocycles. The Bertz CT molecular complexity index is 1900. The van der Waals surface area contributed by atoms with Gasteiger partial charge < -0.3 is 25.4 Å². The van der Waals surface area contributed by atoms with E-state index in [1.54, 1.807) is 84.9 Å². The molecule has 0 aromatic heterocycles. The summed E-state index contributed by atoms with van der Waals surface area (Å²) in [4.78, 5) is 53.2. The van der Waals surface area contributed by atoms with E-state index in [4.69, 9.17) is 9.47 Å². The lowest BCUT2D eigenvalue weighted by molar-refractivity contribution is -0.119. The number of nitrogens with one attached hydrogen (secondary N) is 3. The van der Waals surface area contributed by atoms with Crippen molar-refractivity contribution in [1.29, 1.82) is 0 Å². The summed E-state index contributed by atoms with van der Waals surface area (Å²) >= 11 is 1.32. The number of hydrazone groups is 1. The third-order valence-corrected chi connectivity index (χ3v) is 8.68. The van der Waals surface area contributed by atoms with Crippen molar-refractivity contribution >= 4 is 58.7 Å². The predicted octanol–water partition coefficient (Wildman–Crippen LogP) is 5.85. The topological polar surface area (TPSA) is 138 Å². The number of amidine groups is 1. The Kier molecular flexibility index (Phi) is 11.5. The van der Waals surface area contributed by atoms with Crippen LogP contribution in [0.25, 0.3) is 6.08 Å². The first-order chi connectivity index (χ1) is 23.8. The summed E-state index contributed by atoms with van der Waals surface area (Å²) in [5, 5.41) is 13.5. The van der Waals surface area contributed by atoms with Gasteiger partial charge in [-0.25, -0.2) is 0 Å². The number of benzene rings is 4. The van der Waals surface area contributed by atoms with Crippen LogP contribution >= 0.6 is 11.8 Å². The molecular formula is C37H35N5O6S. The van der Waals surface area contributed by atoms with Crippen LogP contribution in [0.2, 0.25) is 0 Å². The third-order valence-electron chi connectivity index (χ3n) is 7.32. The Labute approximate surface area is 288 Å². The van der Waals surface area contributed by atoms with Crippen molar-refractivity contribution in [3.8, 4) is 11.5 Å². The summed E-state index contributed by atoms with van der Waals surface area (Å²) in [7, 11) is 3.04. The molecule has 3 N–H and O–H groups in total. The van der Waals surface area contributed by atoms with Crippen molar-refractivity contribution < 1.29 is 28.7 Å². The average molecular weight is 678 g/mol. The number of carbonyl (C=O) groups is 4. The van der Waals surface area contributed by atoms with Crippen LogP contribution in [0.5, 0.6) is 11.5 Å². The number of rotatable bonds is 12. The van der Waals surface area contributed by atoms with E-state index < -0.39 is 17.1 Å². The fraction of sp³-hybridized carbons (Fsp3) is 0.162. The van der Waals surface area contributed by atoms with E-state index in [0.717, 1.165) is 4.90 Å². The molecule has 0 radical (unpaired) electrons. The minimum absolute atomic E-state index is 0.00127. The minimum Gasteiger partial charge on any atom is -0.493 e. The molecule has 12 heteroatoms. The molecule has 1 heterocycles. The second-order valence-electron chi connectivity index (χ2n) is 10.7. The lowest BCUT2D eigenvalue weighted by Crippen LogP contribution is -2.36. The van der Waals surface area contributed by atoms with Crippen molar-refractivity contribution in [2.45, 2.75) is 29.9 Å². The minimum atomic E-state index is -0.558. The summed E-state index contributed by atoms with van der Waals surface area (Å²) in [5.41, 5.74) is 2.07. The molecule has 0 spiro atoms. The number of ether oxygens (including phenoxy) is 2. The van der Waals surface area contributed by atoms with Crippen LogP contribution in [0.15, 0.2) is 119 Å². The van der Waals surface area contributed by atoms with Crippen molar-refractivity contribution in [2.75, 3.05) is 24.5 Å². The first-order valence-electron chi connectivity index (χ1n) is 15.4. The molecule has 4 amide bonds. The number of nitrogens with zero attached hydrogens (tertiary/aromatic N) is 2. The maximum absolute atomic E-state index is 13.6. The first-order valence-corrected chi connectivity index (χ1v) is 16.3. The van der Waals surface area contributed by atoms with E-state index in [1.807, 2.05) is 31.2 Å². The number of carbonyl (C=O) groups excluding carboxylic acids is 4. The molecule has 4 aromatic carbocycles. The van der Waals surface area contributed by atoms with E-state index in [9.17, 15) is 19.2 Å². The SMILES string of the molecule is CCC(Sc1cccc(NC(=O)/C(=C\c2ccc(OC)c(OC)c2)NC(=O)c2ccccc2)c1)C(=O)NC1=NN(c2ccccc2)C(=O)C1. The van der Waals surface area contributed by atoms with Gasteiger partial charge in [-0.15, -0.1) is 11.8 Å². The van der Waals surface area contributed by atoms with Gasteiger partial charge in [0, 0.05) is 16.1 Å². The summed E-state index contributed by atoms with van der Waals surface area (Å²) in [6.45, 7) is 1.89. The lowest BCUT2D eigenvalue weighted by Gasteiger charge is -2.16. The highest BCUT2D eigenvalue weighted by Crippen LogP contribution is 2.30. The van der Waals surface area contributed by atoms with E-state index in [1.165, 1.54) is 31.0 Å². The molecule has 49 heavy (non-hydrogen) atoms. The molecule has 4 aromatic rings. The molecule has 1 aliphatic rings. The zero-order valence-electron chi connectivity index (χ0n) is 27.1. The fourth-order valence-corrected chi connectivity index (χ4v) is 5.89. The van der Waals surface area contributed by atoms with Crippen LogP contribution in [0.4, 0.5) is 11.4 Å². The van der Waals surface area contributed by atoms with E-state index in [-0.39, 0.29) is 29.8 Å². The van der Waals surface area contributed by atoms with Gasteiger partial charge in [-0.3, -0.25) is 19.2 Å². The Balaban J connectivity index is 1.30. The van der Waals surface area contributed by atoms with Crippen molar-refractivity contribution in [1.82, 2.24) is 10.6 Å². The highest BCUT2D eigenvalue weighted by atomic mass is 32.2. The number of hydrogen-bond acceptors (Lipinski definition) is 8. The monoisotopic (exact) mass is 677 g/mol. The first kappa shape index (κ1) is 34.5. The Morgan fingerprint density at radius 3 is 2.29 bits per heavy atom. The van der Waals surface area contributed by atoms with Crippen molar-refractivity contribution in [2.24, 2.45) is 5.10 Å². The fourth-order valence-electron chi connectivity index (χ4n) is 4.88. The van der Waals surface area contributed by atoms with Gasteiger partial charge in [-0.05, 0) is 72.7 Å². The summed E-state index contributed by atoms with van der Waals surface area (Å²) in [6.07, 6.45) is 2.03. The number of amides is 4. The van der Waals surface area contributed by atoms with Crippen LogP contribution in [-0.4, -0.2) is 48.9 Å². The zero-order valence-corrected chi connectivity index (χ0v) is 28.0. The standard InChI is InChI=1S/C37H35N5O6S/c1-4-32(37(46)40-33-23-34(43)42(41-33)27-15-9-6-10-16-27)49-28-17-11-14-26(22-28)38-36(45)29(39-35(44)25-12-7-5-8-13-25)20-24-18-19-30(47-2)31(21-24)48-3/h5-22,32H,4,23H2,1-3H3,(H,38,45)(H,39,44)(H,40,41,46)/b29-20+. The normalized spacial score (nSPS) is 13.3. The second-order valence-corrected chi connectivity index (χ2v) is 12.0. The second kappa shape index (κ2) is 16.3. The third kappa shape index (κ3) is 8.93. The van der Waals surface area contributed by atoms with Gasteiger partial charge in [0.2, 0.25) is 5.91 Å². The Hall–Kier alpha value is -5.88. The van der Waals surface area contributed by atoms with Gasteiger partial charge in [0.25, 0.3) is 17.7 Å². The van der Waals surface area contributed by atoms with Crippen molar-refractivity contribution in [3.05, 3.63) is 120 Å². The van der Waals surface area contributed by atoms with Crippen LogP contribution in [0.3, 0.4) is 0 Å². The van der Waals surface area contributed by atoms with Crippen LogP contribution in [0.1, 0.15) is 35.7 Å². The number of para-hydroxylation sites is 1. The molecule has 1 aliphatic heterocycles. The van der Waals surface area contributed by atoms with Gasteiger partial charge in [-0.2, -0.15) is 10.1 Å². The maximum atomic E-state index is 13.6. The molecule has 0 fully saturated rings. The van der Waals surface area contributed by atoms with Crippen LogP contribution in [-0.2, 0) is 14.4 Å². The molecule has 0 bridgehead atoms. The van der Waals surface area contributed by atoms with Crippen LogP contribution < -0.4 is 30.4 Å². The van der Waals surface area contributed by atoms with Gasteiger partial charge in [0.15, 0.2) is 11.5 Å². The summed E-state index contributed by atoms with van der Waals surface area (Å²) < 4.78 is 10.7. The maximum Gasteiger partial charge on any atom is 0.272 e. The largest absolute Gasteiger partial charge is 0.493 e. The molecule has 0 saturated heterocycles. The van der Waals surface area contributed by atoms with Gasteiger partial charge in [0.1, 0.15) is 11.5 Å². The highest BCUT2D eigenvalue weighted by molar-refractivity contribution is 8.00. The molecule has 1 atom stereocenters. The molecule has 0 saturated carbocycles. The van der Waals surface area contributed by atoms with Crippen molar-refractivity contribution in [3.63, 3.8) is 0 Å². The molecule has 11 nitrogen and oxygen atoms in total. The highest BCUT2D eigenvalue weighted by Gasteiger charge is 2.28. The molecule has 250 valence electrons. The van der Waals surface area contributed by atoms with E-state index in [2.05, 4.69) is 21.1 Å². The Morgan fingerprint density at radius 1 is 0.878 bits per heavy atom. The zero-order chi connectivity index (χ0) is 34.8. The summed E-state index contributed by atoms with van der Waals surface area (Å²) in [5.74, 6) is -0.263. The molecular weight excluding hydrogens is 643 g/mol. The molecule has 1 unspecified atom stereocenters. The van der Waals surface area contributed by atoms with Crippen LogP contribution in [0, 0.1) is 0 Å². The Morgan fingerprint density at radius 2 is 1.59 bits per heavy atom. The average Bonchev–Trinajstić information content (AvgIpc) is 3.50. The van der Waals surface area contributed by atoms with Gasteiger partial charge >= 0.3 is 0 Å². The summed E-state index contributed by atoms with van der Waals surface area (Å²) in [6, 6.07) is 29.8. The number of hydrogen-bond donors (Lipinski definition) is 3.